The van der Waals surface area contributed by atoms with Gasteiger partial charge < -0.3 is 10.1 Å². The topological polar surface area (TPSA) is 128 Å². The van der Waals surface area contributed by atoms with E-state index in [0.717, 1.165) is 5.56 Å². The maximum atomic E-state index is 13.3. The van der Waals surface area contributed by atoms with E-state index in [4.69, 9.17) is 8.85 Å². The zero-order valence-corrected chi connectivity index (χ0v) is 16.0. The van der Waals surface area contributed by atoms with Crippen molar-refractivity contribution >= 4 is 28.4 Å². The van der Waals surface area contributed by atoms with Gasteiger partial charge in [-0.25, -0.2) is 9.78 Å². The highest BCUT2D eigenvalue weighted by atomic mass is 16.5. The van der Waals surface area contributed by atoms with Crippen molar-refractivity contribution in [1.29, 1.82) is 5.26 Å². The van der Waals surface area contributed by atoms with Crippen molar-refractivity contribution in [3.8, 4) is 6.07 Å². The molecule has 1 aliphatic heterocycles. The molecule has 152 valence electrons. The molecule has 4 aromatic rings. The summed E-state index contributed by atoms with van der Waals surface area (Å²) in [4.78, 5) is 22.0. The van der Waals surface area contributed by atoms with Crippen LogP contribution in [0.3, 0.4) is 0 Å². The zero-order valence-electron chi connectivity index (χ0n) is 19.0. The second kappa shape index (κ2) is 6.64. The number of imidazole rings is 1. The summed E-state index contributed by atoms with van der Waals surface area (Å²) in [5, 5.41) is 21.0. The number of fused-ring (bicyclic) bond motifs is 2. The summed E-state index contributed by atoms with van der Waals surface area (Å²) in [6, 6.07) is 4.05. The normalized spacial score (nSPS) is 17.9. The van der Waals surface area contributed by atoms with E-state index in [2.05, 4.69) is 31.6 Å². The number of ether oxygens (including phenoxy) is 1. The standard InChI is InChI=1S/C19H19N9O2/c1-12-7-15-25-22-11-27(15)9-13(12)23-17-21-8-14-16(24-17)28(18(29)26(14)2)19(10-20)3-5-30-6-4-19/h7-9,11H,3-6H2,1-2H3,(H,21,23,24)/i2D3. The van der Waals surface area contributed by atoms with Crippen molar-refractivity contribution in [2.24, 2.45) is 6.98 Å². The molecule has 5 rings (SSSR count). The number of nitriles is 1. The van der Waals surface area contributed by atoms with E-state index < -0.39 is 18.2 Å². The molecule has 1 saturated heterocycles. The predicted octanol–water partition coefficient (Wildman–Crippen LogP) is 1.25. The molecule has 11 nitrogen and oxygen atoms in total. The van der Waals surface area contributed by atoms with Crippen molar-refractivity contribution < 1.29 is 8.85 Å². The van der Waals surface area contributed by atoms with E-state index in [9.17, 15) is 10.1 Å². The monoisotopic (exact) mass is 408 g/mol. The lowest BCUT2D eigenvalue weighted by Gasteiger charge is -2.31. The molecule has 0 radical (unpaired) electrons. The van der Waals surface area contributed by atoms with Gasteiger partial charge in [0.1, 0.15) is 17.4 Å². The minimum Gasteiger partial charge on any atom is -0.381 e. The van der Waals surface area contributed by atoms with Gasteiger partial charge in [0.05, 0.1) is 18.0 Å². The summed E-state index contributed by atoms with van der Waals surface area (Å²) in [6.45, 7) is -0.344. The second-order valence-electron chi connectivity index (χ2n) is 7.20. The first-order valence-corrected chi connectivity index (χ1v) is 9.31. The van der Waals surface area contributed by atoms with Crippen LogP contribution in [0.4, 0.5) is 11.6 Å². The molecule has 11 heteroatoms. The Kier molecular flexibility index (Phi) is 3.34. The van der Waals surface area contributed by atoms with Crippen LogP contribution in [0.5, 0.6) is 0 Å². The number of rotatable bonds is 3. The van der Waals surface area contributed by atoms with E-state index >= 15 is 0 Å². The predicted molar refractivity (Wildman–Crippen MR) is 107 cm³/mol. The summed E-state index contributed by atoms with van der Waals surface area (Å²) < 4.78 is 32.5. The van der Waals surface area contributed by atoms with Crippen molar-refractivity contribution in [3.05, 3.63) is 40.8 Å². The minimum atomic E-state index is -2.77. The van der Waals surface area contributed by atoms with Gasteiger partial charge in [-0.3, -0.25) is 13.5 Å². The third-order valence-corrected chi connectivity index (χ3v) is 5.43. The molecule has 30 heavy (non-hydrogen) atoms. The molecule has 0 spiro atoms. The van der Waals surface area contributed by atoms with Crippen LogP contribution in [0.2, 0.25) is 0 Å². The van der Waals surface area contributed by atoms with E-state index in [-0.39, 0.29) is 43.2 Å². The van der Waals surface area contributed by atoms with Crippen LogP contribution in [0.1, 0.15) is 22.5 Å². The molecular weight excluding hydrogens is 386 g/mol. The van der Waals surface area contributed by atoms with Gasteiger partial charge in [-0.1, -0.05) is 0 Å². The Morgan fingerprint density at radius 2 is 2.23 bits per heavy atom. The van der Waals surface area contributed by atoms with Crippen LogP contribution < -0.4 is 11.0 Å². The highest BCUT2D eigenvalue weighted by molar-refractivity contribution is 5.74. The quantitative estimate of drug-likeness (QED) is 0.536. The summed E-state index contributed by atoms with van der Waals surface area (Å²) in [5.41, 5.74) is 0.196. The van der Waals surface area contributed by atoms with Gasteiger partial charge in [0.2, 0.25) is 5.95 Å². The Morgan fingerprint density at radius 3 is 3.00 bits per heavy atom. The highest BCUT2D eigenvalue weighted by Crippen LogP contribution is 2.30. The molecule has 1 fully saturated rings. The van der Waals surface area contributed by atoms with Crippen LogP contribution in [-0.2, 0) is 17.3 Å². The summed E-state index contributed by atoms with van der Waals surface area (Å²) in [6.07, 6.45) is 5.08. The van der Waals surface area contributed by atoms with Gasteiger partial charge in [-0.05, 0) is 18.6 Å². The largest absolute Gasteiger partial charge is 0.381 e. The molecule has 1 aliphatic rings. The number of hydrogen-bond acceptors (Lipinski definition) is 8. The van der Waals surface area contributed by atoms with Gasteiger partial charge in [-0.2, -0.15) is 10.2 Å². The molecular formula is C19H19N9O2. The molecule has 0 unspecified atom stereocenters. The lowest BCUT2D eigenvalue weighted by atomic mass is 9.91. The molecule has 0 bridgehead atoms. The van der Waals surface area contributed by atoms with Crippen LogP contribution in [-0.4, -0.2) is 46.9 Å². The summed E-state index contributed by atoms with van der Waals surface area (Å²) in [5.74, 6) is 0.148. The molecule has 0 amide bonds. The van der Waals surface area contributed by atoms with E-state index in [0.29, 0.717) is 15.9 Å². The van der Waals surface area contributed by atoms with Gasteiger partial charge in [0.15, 0.2) is 11.3 Å². The van der Waals surface area contributed by atoms with E-state index in [1.165, 1.54) is 10.8 Å². The van der Waals surface area contributed by atoms with E-state index in [1.807, 2.05) is 13.0 Å². The van der Waals surface area contributed by atoms with Crippen LogP contribution in [0.25, 0.3) is 16.8 Å². The van der Waals surface area contributed by atoms with Crippen LogP contribution in [0.15, 0.2) is 29.6 Å². The first-order valence-electron chi connectivity index (χ1n) is 10.8. The Labute approximate surface area is 174 Å². The molecule has 0 aliphatic carbocycles. The van der Waals surface area contributed by atoms with Crippen molar-refractivity contribution in [2.45, 2.75) is 25.3 Å². The average Bonchev–Trinajstić information content (AvgIpc) is 3.34. The second-order valence-corrected chi connectivity index (χ2v) is 7.20. The lowest BCUT2D eigenvalue weighted by Crippen LogP contribution is -2.44. The molecule has 1 N–H and O–H groups in total. The van der Waals surface area contributed by atoms with Gasteiger partial charge in [0.25, 0.3) is 0 Å². The number of nitrogens with zero attached hydrogens (tertiary/aromatic N) is 8. The van der Waals surface area contributed by atoms with Crippen LogP contribution in [0, 0.1) is 18.3 Å². The Hall–Kier alpha value is -3.78. The van der Waals surface area contributed by atoms with Crippen molar-refractivity contribution in [3.63, 3.8) is 0 Å². The van der Waals surface area contributed by atoms with Crippen molar-refractivity contribution in [1.82, 2.24) is 33.7 Å². The van der Waals surface area contributed by atoms with Gasteiger partial charge in [0, 0.05) is 43.3 Å². The van der Waals surface area contributed by atoms with Crippen molar-refractivity contribution in [2.75, 3.05) is 18.5 Å². The fourth-order valence-corrected chi connectivity index (χ4v) is 3.74. The molecule has 5 heterocycles. The Morgan fingerprint density at radius 1 is 1.40 bits per heavy atom. The number of hydrogen-bond donors (Lipinski definition) is 1. The summed E-state index contributed by atoms with van der Waals surface area (Å²) in [7, 11) is 0. The molecule has 4 aromatic heterocycles. The number of pyridine rings is 1. The lowest BCUT2D eigenvalue weighted by molar-refractivity contribution is 0.0448. The average molecular weight is 408 g/mol. The SMILES string of the molecule is [2H]C([2H])([2H])n1c(=O)n(C2(C#N)CCOCC2)c2nc(Nc3cn4cnnc4cc3C)ncc21. The third kappa shape index (κ3) is 2.65. The molecule has 0 atom stereocenters. The van der Waals surface area contributed by atoms with Crippen LogP contribution >= 0.6 is 0 Å². The fourth-order valence-electron chi connectivity index (χ4n) is 3.74. The number of nitrogens with one attached hydrogen (secondary N) is 1. The summed E-state index contributed by atoms with van der Waals surface area (Å²) >= 11 is 0. The van der Waals surface area contributed by atoms with Gasteiger partial charge in [-0.15, -0.1) is 10.2 Å². The minimum absolute atomic E-state index is 0.0256. The fraction of sp³-hybridized carbons (Fsp3) is 0.368. The smallest absolute Gasteiger partial charge is 0.331 e. The van der Waals surface area contributed by atoms with Gasteiger partial charge >= 0.3 is 5.69 Å². The number of aromatic nitrogens is 7. The Balaban J connectivity index is 1.70. The Bertz CT molecular complexity index is 1470. The zero-order chi connectivity index (χ0) is 23.4. The number of aryl methyl sites for hydroxylation is 2. The molecule has 0 aromatic carbocycles. The van der Waals surface area contributed by atoms with E-state index in [1.54, 1.807) is 16.9 Å². The first-order chi connectivity index (χ1) is 15.7. The maximum Gasteiger partial charge on any atom is 0.331 e. The first kappa shape index (κ1) is 15.1. The maximum absolute atomic E-state index is 13.3. The third-order valence-electron chi connectivity index (χ3n) is 5.43. The molecule has 0 saturated carbocycles. The highest BCUT2D eigenvalue weighted by Gasteiger charge is 2.38. The number of anilines is 2.